The molecule has 0 aliphatic carbocycles. The Labute approximate surface area is 627 Å². The predicted octanol–water partition coefficient (Wildman–Crippen LogP) is -1.04. The number of carbonyl (C=O) groups is 4. The van der Waals surface area contributed by atoms with Crippen LogP contribution in [0.4, 0.5) is 0 Å². The first-order chi connectivity index (χ1) is 51.3. The summed E-state index contributed by atoms with van der Waals surface area (Å²) in [5, 5.41) is 197. The average molecular weight is 1550 g/mol. The van der Waals surface area contributed by atoms with Gasteiger partial charge < -0.3 is 150 Å². The number of aliphatic hydroxyl groups is 16. The molecule has 5 rings (SSSR count). The van der Waals surface area contributed by atoms with Crippen molar-refractivity contribution < 1.29 is 153 Å². The SMILES string of the molecule is CCCCCCCCCCCCC/C=C/[C@@H](O)[C@H](CO[C@@H]1OC(CO)[C@@H](O[C@@H]2OC(CO)[C@H](O[C@@H]3OC(CO)[C@H](O)[C@H](O[C@@H]4OC(CO)[C@H](O)[C@H](O)C4O)C3NC(C)=O)[C@H](O[C@]3(C(=O)O)CC(O)[C@@H](NC(C)=O)C([C@H](O)[C@H](O)CO)O3)C2O)C(O)C1O)NC(=O)CCCCCCCCCCCCCCCCC. The first-order valence-electron chi connectivity index (χ1n) is 39.1. The van der Waals surface area contributed by atoms with Gasteiger partial charge in [0.25, 0.3) is 5.79 Å². The summed E-state index contributed by atoms with van der Waals surface area (Å²) in [5.41, 5.74) is 0. The molecule has 3 amide bonds. The molecule has 34 heteroatoms. The number of carboxylic acids is 1. The minimum absolute atomic E-state index is 0.135. The van der Waals surface area contributed by atoms with Crippen molar-refractivity contribution in [3.05, 3.63) is 12.2 Å². The summed E-state index contributed by atoms with van der Waals surface area (Å²) in [6.45, 7) is 0.317. The minimum Gasteiger partial charge on any atom is -0.477 e. The summed E-state index contributed by atoms with van der Waals surface area (Å²) in [6, 6.07) is -4.81. The fourth-order valence-corrected chi connectivity index (χ4v) is 14.3. The Kier molecular flexibility index (Phi) is 44.0. The van der Waals surface area contributed by atoms with Gasteiger partial charge >= 0.3 is 5.97 Å². The van der Waals surface area contributed by atoms with Crippen LogP contribution in [0.1, 0.15) is 214 Å². The van der Waals surface area contributed by atoms with Crippen LogP contribution in [0.15, 0.2) is 12.2 Å². The van der Waals surface area contributed by atoms with E-state index >= 15 is 0 Å². The molecule has 0 aromatic heterocycles. The highest BCUT2D eigenvalue weighted by Crippen LogP contribution is 2.41. The van der Waals surface area contributed by atoms with Crippen LogP contribution >= 0.6 is 0 Å². The van der Waals surface area contributed by atoms with E-state index in [0.717, 1.165) is 71.6 Å². The van der Waals surface area contributed by atoms with Crippen LogP contribution in [0.25, 0.3) is 0 Å². The molecule has 0 bridgehead atoms. The number of carboxylic acid groups (broad SMARTS) is 1. The molecule has 34 nitrogen and oxygen atoms in total. The molecule has 5 fully saturated rings. The molecule has 624 valence electrons. The van der Waals surface area contributed by atoms with E-state index in [2.05, 4.69) is 29.8 Å². The predicted molar refractivity (Wildman–Crippen MR) is 378 cm³/mol. The zero-order valence-corrected chi connectivity index (χ0v) is 62.8. The second-order valence-corrected chi connectivity index (χ2v) is 29.3. The van der Waals surface area contributed by atoms with Gasteiger partial charge in [-0.15, -0.1) is 0 Å². The summed E-state index contributed by atoms with van der Waals surface area (Å²) >= 11 is 0. The van der Waals surface area contributed by atoms with E-state index in [1.807, 2.05) is 6.08 Å². The summed E-state index contributed by atoms with van der Waals surface area (Å²) in [6.07, 6.45) is -16.8. The van der Waals surface area contributed by atoms with Crippen molar-refractivity contribution in [2.75, 3.05) is 39.6 Å². The Bertz CT molecular complexity index is 2500. The largest absolute Gasteiger partial charge is 0.477 e. The molecular weight excluding hydrogens is 1410 g/mol. The van der Waals surface area contributed by atoms with E-state index < -0.39 is 235 Å². The number of nitrogens with one attached hydrogen (secondary N) is 3. The molecule has 5 aliphatic heterocycles. The number of aliphatic carboxylic acids is 1. The molecule has 0 spiro atoms. The number of carbonyl (C=O) groups excluding carboxylic acids is 3. The number of unbranched alkanes of at least 4 members (excludes halogenated alkanes) is 25. The van der Waals surface area contributed by atoms with Crippen molar-refractivity contribution in [1.82, 2.24) is 16.0 Å². The normalized spacial score (nSPS) is 34.6. The van der Waals surface area contributed by atoms with Crippen LogP contribution in [0, 0.1) is 0 Å². The van der Waals surface area contributed by atoms with Gasteiger partial charge in [-0.25, -0.2) is 4.79 Å². The Morgan fingerprint density at radius 3 is 1.44 bits per heavy atom. The Morgan fingerprint density at radius 2 is 0.925 bits per heavy atom. The van der Waals surface area contributed by atoms with E-state index in [9.17, 15) is 106 Å². The van der Waals surface area contributed by atoms with Crippen LogP contribution in [0.2, 0.25) is 0 Å². The molecule has 5 aliphatic rings. The van der Waals surface area contributed by atoms with E-state index in [4.69, 9.17) is 47.4 Å². The maximum absolute atomic E-state index is 13.8. The average Bonchev–Trinajstić information content (AvgIpc) is 0.750. The molecule has 0 radical (unpaired) electrons. The van der Waals surface area contributed by atoms with Crippen LogP contribution in [0.5, 0.6) is 0 Å². The highest BCUT2D eigenvalue weighted by molar-refractivity contribution is 5.77. The van der Waals surface area contributed by atoms with Gasteiger partial charge in [-0.05, 0) is 19.3 Å². The monoisotopic (exact) mass is 1550 g/mol. The third-order valence-corrected chi connectivity index (χ3v) is 20.6. The van der Waals surface area contributed by atoms with Crippen molar-refractivity contribution in [1.29, 1.82) is 0 Å². The van der Waals surface area contributed by atoms with Crippen molar-refractivity contribution >= 4 is 23.7 Å². The van der Waals surface area contributed by atoms with Crippen molar-refractivity contribution in [2.24, 2.45) is 0 Å². The van der Waals surface area contributed by atoms with Crippen molar-refractivity contribution in [2.45, 2.75) is 385 Å². The third-order valence-electron chi connectivity index (χ3n) is 20.6. The van der Waals surface area contributed by atoms with Gasteiger partial charge in [0.2, 0.25) is 17.7 Å². The van der Waals surface area contributed by atoms with Gasteiger partial charge in [0.05, 0.1) is 63.9 Å². The quantitative estimate of drug-likeness (QED) is 0.0255. The molecule has 0 aromatic carbocycles. The number of amides is 3. The number of hydrogen-bond acceptors (Lipinski definition) is 30. The van der Waals surface area contributed by atoms with E-state index in [1.165, 1.54) is 103 Å². The van der Waals surface area contributed by atoms with Gasteiger partial charge in [0.15, 0.2) is 25.2 Å². The van der Waals surface area contributed by atoms with E-state index in [1.54, 1.807) is 6.08 Å². The number of aliphatic hydroxyl groups excluding tert-OH is 16. The molecule has 5 saturated heterocycles. The molecule has 28 atom stereocenters. The van der Waals surface area contributed by atoms with E-state index in [-0.39, 0.29) is 12.3 Å². The summed E-state index contributed by atoms with van der Waals surface area (Å²) < 4.78 is 60.1. The summed E-state index contributed by atoms with van der Waals surface area (Å²) in [7, 11) is 0. The van der Waals surface area contributed by atoms with Crippen LogP contribution in [0.3, 0.4) is 0 Å². The van der Waals surface area contributed by atoms with Crippen LogP contribution < -0.4 is 16.0 Å². The van der Waals surface area contributed by atoms with Gasteiger partial charge in [-0.2, -0.15) is 0 Å². The number of rotatable bonds is 52. The second kappa shape index (κ2) is 49.9. The topological polar surface area (TPSA) is 541 Å². The number of allylic oxidation sites excluding steroid dienone is 1. The van der Waals surface area contributed by atoms with Crippen LogP contribution in [-0.2, 0) is 66.5 Å². The maximum Gasteiger partial charge on any atom is 0.364 e. The van der Waals surface area contributed by atoms with Crippen molar-refractivity contribution in [3.63, 3.8) is 0 Å². The Balaban J connectivity index is 1.40. The fraction of sp³-hybridized carbons (Fsp3) is 0.918. The lowest BCUT2D eigenvalue weighted by atomic mass is 9.88. The lowest BCUT2D eigenvalue weighted by Gasteiger charge is -2.52. The smallest absolute Gasteiger partial charge is 0.364 e. The summed E-state index contributed by atoms with van der Waals surface area (Å²) in [4.78, 5) is 53.0. The Morgan fingerprint density at radius 1 is 0.486 bits per heavy atom. The number of ether oxygens (including phenoxy) is 10. The molecule has 20 N–H and O–H groups in total. The Hall–Kier alpha value is -3.42. The first-order valence-corrected chi connectivity index (χ1v) is 39.1. The molecule has 0 saturated carbocycles. The van der Waals surface area contributed by atoms with Gasteiger partial charge in [-0.3, -0.25) is 14.4 Å². The fourth-order valence-electron chi connectivity index (χ4n) is 14.3. The minimum atomic E-state index is -3.38. The van der Waals surface area contributed by atoms with Gasteiger partial charge in [0.1, 0.15) is 116 Å². The summed E-state index contributed by atoms with van der Waals surface area (Å²) in [5.74, 6) is -7.71. The number of hydrogen-bond donors (Lipinski definition) is 20. The maximum atomic E-state index is 13.8. The lowest BCUT2D eigenvalue weighted by molar-refractivity contribution is -0.403. The van der Waals surface area contributed by atoms with E-state index in [0.29, 0.717) is 12.8 Å². The van der Waals surface area contributed by atoms with Gasteiger partial charge in [-0.1, -0.05) is 180 Å². The van der Waals surface area contributed by atoms with Crippen LogP contribution in [-0.4, -0.2) is 321 Å². The van der Waals surface area contributed by atoms with Crippen molar-refractivity contribution in [3.8, 4) is 0 Å². The molecular formula is C73H131N3O31. The second-order valence-electron chi connectivity index (χ2n) is 29.3. The lowest BCUT2D eigenvalue weighted by Crippen LogP contribution is -2.72. The highest BCUT2D eigenvalue weighted by Gasteiger charge is 2.62. The molecule has 0 aromatic rings. The molecule has 5 heterocycles. The zero-order valence-electron chi connectivity index (χ0n) is 62.8. The first kappa shape index (κ1) is 94.2. The molecule has 107 heavy (non-hydrogen) atoms. The molecule has 11 unspecified atom stereocenters. The zero-order chi connectivity index (χ0) is 78.8. The third kappa shape index (κ3) is 29.2. The standard InChI is InChI=1S/C73H131N3O31/c1-5-7-9-11-13-15-17-19-20-22-24-26-28-30-32-34-52(87)76-44(45(84)33-31-29-27-25-23-21-18-16-14-12-10-8-6-2)41-98-69-61(94)59(92)63(50(39-80)101-69)103-71-62(95)67(107-73(72(96)97)35-46(85)53(74-42(3)82)66(106-73)55(88)47(86)36-77)64(51(40-81)102-71)104-68-54(75-43(4)83)65(57(90)49(38-79)99-68)105-70-60(93)58(91)56(89)48(37-78)100-70/h31,33,44-51,53-71,77-81,84-86,88-95H,5-30,32,34-41H2,1-4H3,(H,74,82)(H,75,83)(H,76,87)(H,96,97)/b33-31+/t44-,45+,46?,47+,48?,49?,50?,51?,53+,54?,55+,56-,57-,58-,59?,60?,61?,62?,63+,64-,65+,66?,67+,68-,69+,70-,71-,73-/m0/s1. The van der Waals surface area contributed by atoms with Gasteiger partial charge in [0, 0.05) is 26.7 Å². The highest BCUT2D eigenvalue weighted by atomic mass is 16.8.